The molecule has 0 atom stereocenters. The quantitative estimate of drug-likeness (QED) is 0.784. The first-order chi connectivity index (χ1) is 9.79. The highest BCUT2D eigenvalue weighted by atomic mass is 16.4. The van der Waals surface area contributed by atoms with Crippen molar-refractivity contribution in [2.75, 3.05) is 0 Å². The molecular weight excluding hydrogens is 252 g/mol. The molecule has 1 N–H and O–H groups in total. The predicted octanol–water partition coefficient (Wildman–Crippen LogP) is 3.65. The second kappa shape index (κ2) is 4.49. The number of fused-ring (bicyclic) bond motifs is 1. The molecule has 0 bridgehead atoms. The number of hydrogen-bond donors (Lipinski definition) is 1. The number of aryl methyl sites for hydroxylation is 1. The molecule has 1 aliphatic rings. The number of furan rings is 1. The van der Waals surface area contributed by atoms with Crippen molar-refractivity contribution in [3.8, 4) is 11.5 Å². The van der Waals surface area contributed by atoms with Gasteiger partial charge in [-0.25, -0.2) is 4.98 Å². The lowest BCUT2D eigenvalue weighted by Gasteiger charge is -2.00. The molecule has 0 saturated heterocycles. The summed E-state index contributed by atoms with van der Waals surface area (Å²) >= 11 is 0. The average Bonchev–Trinajstić information content (AvgIpc) is 2.99. The van der Waals surface area contributed by atoms with Gasteiger partial charge in [0.1, 0.15) is 11.3 Å². The third-order valence-electron chi connectivity index (χ3n) is 3.67. The van der Waals surface area contributed by atoms with Crippen LogP contribution in [-0.4, -0.2) is 11.0 Å². The first kappa shape index (κ1) is 11.7. The largest absolute Gasteiger partial charge is 0.453 e. The summed E-state index contributed by atoms with van der Waals surface area (Å²) in [5.41, 5.74) is 3.01. The Labute approximate surface area is 116 Å². The molecule has 1 aromatic carbocycles. The minimum Gasteiger partial charge on any atom is -0.453 e. The van der Waals surface area contributed by atoms with Crippen molar-refractivity contribution in [3.05, 3.63) is 41.9 Å². The van der Waals surface area contributed by atoms with Crippen LogP contribution in [0.1, 0.15) is 24.1 Å². The number of aromatic nitrogens is 1. The molecule has 102 valence electrons. The fraction of sp³-hybridized carbons (Fsp3) is 0.312. The van der Waals surface area contributed by atoms with E-state index >= 15 is 0 Å². The molecule has 4 rings (SSSR count). The molecule has 0 unspecified atom stereocenters. The monoisotopic (exact) mass is 268 g/mol. The first-order valence-electron chi connectivity index (χ1n) is 6.96. The maximum Gasteiger partial charge on any atom is 0.194 e. The van der Waals surface area contributed by atoms with E-state index in [1.54, 1.807) is 0 Å². The highest BCUT2D eigenvalue weighted by Gasteiger charge is 2.22. The number of nitrogens with one attached hydrogen (secondary N) is 1. The van der Waals surface area contributed by atoms with E-state index < -0.39 is 0 Å². The van der Waals surface area contributed by atoms with Crippen LogP contribution < -0.4 is 5.32 Å². The van der Waals surface area contributed by atoms with Gasteiger partial charge in [0.25, 0.3) is 0 Å². The van der Waals surface area contributed by atoms with Crippen molar-refractivity contribution >= 4 is 11.0 Å². The van der Waals surface area contributed by atoms with E-state index in [2.05, 4.69) is 23.3 Å². The Kier molecular flexibility index (Phi) is 2.63. The molecular formula is C16H16N2O2. The smallest absolute Gasteiger partial charge is 0.194 e. The number of nitrogens with zero attached hydrogens (tertiary/aromatic N) is 1. The third kappa shape index (κ3) is 2.12. The SMILES string of the molecule is Cc1ccc2oc(-c3ocnc3CNC3CC3)cc2c1. The van der Waals surface area contributed by atoms with Crippen LogP contribution in [0.2, 0.25) is 0 Å². The molecule has 1 aliphatic carbocycles. The van der Waals surface area contributed by atoms with Crippen LogP contribution in [0.3, 0.4) is 0 Å². The fourth-order valence-electron chi connectivity index (χ4n) is 2.40. The summed E-state index contributed by atoms with van der Waals surface area (Å²) in [7, 11) is 0. The normalized spacial score (nSPS) is 15.1. The van der Waals surface area contributed by atoms with E-state index in [0.717, 1.165) is 34.7 Å². The molecule has 0 spiro atoms. The molecule has 2 aromatic heterocycles. The standard InChI is InChI=1S/C16H16N2O2/c1-10-2-5-14-11(6-10)7-15(20-14)16-13(18-9-19-16)8-17-12-3-4-12/h2,5-7,9,12,17H,3-4,8H2,1H3. The molecule has 4 heteroatoms. The third-order valence-corrected chi connectivity index (χ3v) is 3.67. The van der Waals surface area contributed by atoms with Gasteiger partial charge in [0.05, 0.1) is 0 Å². The van der Waals surface area contributed by atoms with E-state index in [-0.39, 0.29) is 0 Å². The van der Waals surface area contributed by atoms with E-state index in [4.69, 9.17) is 8.83 Å². The molecule has 3 aromatic rings. The summed E-state index contributed by atoms with van der Waals surface area (Å²) in [6, 6.07) is 8.82. The van der Waals surface area contributed by atoms with Crippen molar-refractivity contribution in [1.29, 1.82) is 0 Å². The van der Waals surface area contributed by atoms with Crippen LogP contribution in [-0.2, 0) is 6.54 Å². The number of hydrogen-bond acceptors (Lipinski definition) is 4. The average molecular weight is 268 g/mol. The highest BCUT2D eigenvalue weighted by molar-refractivity contribution is 5.82. The van der Waals surface area contributed by atoms with Gasteiger partial charge in [-0.15, -0.1) is 0 Å². The second-order valence-electron chi connectivity index (χ2n) is 5.44. The molecule has 0 amide bonds. The minimum absolute atomic E-state index is 0.651. The summed E-state index contributed by atoms with van der Waals surface area (Å²) < 4.78 is 11.4. The van der Waals surface area contributed by atoms with Gasteiger partial charge in [-0.05, 0) is 38.0 Å². The molecule has 1 fully saturated rings. The van der Waals surface area contributed by atoms with Crippen LogP contribution in [0.15, 0.2) is 39.5 Å². The predicted molar refractivity (Wildman–Crippen MR) is 76.3 cm³/mol. The van der Waals surface area contributed by atoms with Crippen molar-refractivity contribution in [2.24, 2.45) is 0 Å². The van der Waals surface area contributed by atoms with Crippen molar-refractivity contribution in [1.82, 2.24) is 10.3 Å². The summed E-state index contributed by atoms with van der Waals surface area (Å²) in [6.07, 6.45) is 4.01. The van der Waals surface area contributed by atoms with E-state index in [9.17, 15) is 0 Å². The first-order valence-corrected chi connectivity index (χ1v) is 6.96. The van der Waals surface area contributed by atoms with Gasteiger partial charge >= 0.3 is 0 Å². The maximum atomic E-state index is 5.87. The van der Waals surface area contributed by atoms with Gasteiger partial charge in [0, 0.05) is 18.0 Å². The summed E-state index contributed by atoms with van der Waals surface area (Å²) in [4.78, 5) is 4.29. The zero-order valence-corrected chi connectivity index (χ0v) is 11.3. The molecule has 20 heavy (non-hydrogen) atoms. The molecule has 1 saturated carbocycles. The Bertz CT molecular complexity index is 753. The van der Waals surface area contributed by atoms with Crippen LogP contribution in [0.4, 0.5) is 0 Å². The van der Waals surface area contributed by atoms with Crippen LogP contribution in [0.5, 0.6) is 0 Å². The maximum absolute atomic E-state index is 5.87. The topological polar surface area (TPSA) is 51.2 Å². The minimum atomic E-state index is 0.651. The molecule has 2 heterocycles. The summed E-state index contributed by atoms with van der Waals surface area (Å²) in [5, 5.41) is 4.54. The zero-order valence-electron chi connectivity index (χ0n) is 11.3. The van der Waals surface area contributed by atoms with Crippen LogP contribution >= 0.6 is 0 Å². The van der Waals surface area contributed by atoms with Gasteiger partial charge in [-0.3, -0.25) is 0 Å². The Balaban J connectivity index is 1.69. The van der Waals surface area contributed by atoms with Gasteiger partial charge in [-0.1, -0.05) is 11.6 Å². The molecule has 4 nitrogen and oxygen atoms in total. The number of rotatable bonds is 4. The summed E-state index contributed by atoms with van der Waals surface area (Å²) in [6.45, 7) is 2.80. The number of oxazole rings is 1. The van der Waals surface area contributed by atoms with Gasteiger partial charge in [0.15, 0.2) is 17.9 Å². The Morgan fingerprint density at radius 3 is 3.05 bits per heavy atom. The Hall–Kier alpha value is -2.07. The highest BCUT2D eigenvalue weighted by Crippen LogP contribution is 2.30. The van der Waals surface area contributed by atoms with Gasteiger partial charge < -0.3 is 14.2 Å². The Morgan fingerprint density at radius 1 is 1.30 bits per heavy atom. The lowest BCUT2D eigenvalue weighted by Crippen LogP contribution is -2.15. The lowest BCUT2D eigenvalue weighted by molar-refractivity contribution is 0.533. The zero-order chi connectivity index (χ0) is 13.5. The molecule has 0 radical (unpaired) electrons. The van der Waals surface area contributed by atoms with E-state index in [1.807, 2.05) is 18.2 Å². The van der Waals surface area contributed by atoms with E-state index in [0.29, 0.717) is 6.04 Å². The molecule has 0 aliphatic heterocycles. The van der Waals surface area contributed by atoms with Crippen molar-refractivity contribution in [3.63, 3.8) is 0 Å². The van der Waals surface area contributed by atoms with Crippen molar-refractivity contribution < 1.29 is 8.83 Å². The van der Waals surface area contributed by atoms with Crippen LogP contribution in [0, 0.1) is 6.92 Å². The second-order valence-corrected chi connectivity index (χ2v) is 5.44. The lowest BCUT2D eigenvalue weighted by atomic mass is 10.2. The Morgan fingerprint density at radius 2 is 2.20 bits per heavy atom. The van der Waals surface area contributed by atoms with Crippen molar-refractivity contribution in [2.45, 2.75) is 32.4 Å². The summed E-state index contributed by atoms with van der Waals surface area (Å²) in [5.74, 6) is 1.47. The fourth-order valence-corrected chi connectivity index (χ4v) is 2.40. The van der Waals surface area contributed by atoms with Gasteiger partial charge in [0.2, 0.25) is 0 Å². The van der Waals surface area contributed by atoms with Gasteiger partial charge in [-0.2, -0.15) is 0 Å². The van der Waals surface area contributed by atoms with E-state index in [1.165, 1.54) is 24.8 Å². The number of benzene rings is 1. The van der Waals surface area contributed by atoms with Crippen LogP contribution in [0.25, 0.3) is 22.5 Å².